The first-order chi connectivity index (χ1) is 7.72. The van der Waals surface area contributed by atoms with Crippen LogP contribution in [0.15, 0.2) is 12.3 Å². The van der Waals surface area contributed by atoms with Crippen LogP contribution >= 0.6 is 0 Å². The number of aliphatic hydroxyl groups excluding tert-OH is 1. The predicted octanol–water partition coefficient (Wildman–Crippen LogP) is 1.75. The summed E-state index contributed by atoms with van der Waals surface area (Å²) in [6.07, 6.45) is 7.33. The molecule has 0 fully saturated rings. The van der Waals surface area contributed by atoms with Crippen molar-refractivity contribution in [2.75, 3.05) is 7.11 Å². The van der Waals surface area contributed by atoms with E-state index in [1.54, 1.807) is 13.3 Å². The van der Waals surface area contributed by atoms with Crippen LogP contribution in [0.2, 0.25) is 0 Å². The Morgan fingerprint density at radius 2 is 2.31 bits per heavy atom. The van der Waals surface area contributed by atoms with Gasteiger partial charge < -0.3 is 9.84 Å². The zero-order chi connectivity index (χ0) is 11.5. The number of aryl methyl sites for hydroxylation is 1. The molecule has 0 bridgehead atoms. The summed E-state index contributed by atoms with van der Waals surface area (Å²) in [5, 5.41) is 14.0. The van der Waals surface area contributed by atoms with Gasteiger partial charge in [0.05, 0.1) is 19.4 Å². The van der Waals surface area contributed by atoms with Crippen LogP contribution in [0.4, 0.5) is 0 Å². The lowest BCUT2D eigenvalue weighted by molar-refractivity contribution is 0.211. The Bertz CT molecular complexity index is 396. The lowest BCUT2D eigenvalue weighted by Crippen LogP contribution is -2.03. The lowest BCUT2D eigenvalue weighted by Gasteiger charge is -2.09. The molecule has 2 rings (SSSR count). The van der Waals surface area contributed by atoms with Crippen molar-refractivity contribution in [2.45, 2.75) is 31.8 Å². The van der Waals surface area contributed by atoms with Crippen LogP contribution in [-0.4, -0.2) is 28.1 Å². The quantitative estimate of drug-likeness (QED) is 0.829. The number of aliphatic hydroxyl groups is 1. The molecule has 4 nitrogen and oxygen atoms in total. The van der Waals surface area contributed by atoms with Crippen molar-refractivity contribution in [2.24, 2.45) is 7.05 Å². The van der Waals surface area contributed by atoms with Gasteiger partial charge in [-0.15, -0.1) is 0 Å². The molecule has 0 aliphatic heterocycles. The Balaban J connectivity index is 2.37. The number of nitrogens with zero attached hydrogens (tertiary/aromatic N) is 2. The molecule has 0 spiro atoms. The van der Waals surface area contributed by atoms with Crippen LogP contribution in [0, 0.1) is 0 Å². The minimum absolute atomic E-state index is 0.336. The molecule has 0 amide bonds. The highest BCUT2D eigenvalue weighted by Crippen LogP contribution is 2.31. The Morgan fingerprint density at radius 3 is 3.06 bits per heavy atom. The molecule has 1 aromatic heterocycles. The van der Waals surface area contributed by atoms with Gasteiger partial charge >= 0.3 is 0 Å². The van der Waals surface area contributed by atoms with Gasteiger partial charge in [-0.05, 0) is 24.8 Å². The highest BCUT2D eigenvalue weighted by atomic mass is 16.5. The van der Waals surface area contributed by atoms with Gasteiger partial charge in [0.25, 0.3) is 0 Å². The van der Waals surface area contributed by atoms with Crippen LogP contribution < -0.4 is 4.74 Å². The molecule has 1 atom stereocenters. The molecular formula is C12H18N2O2. The van der Waals surface area contributed by atoms with E-state index in [2.05, 4.69) is 5.10 Å². The second-order valence-electron chi connectivity index (χ2n) is 4.19. The number of aromatic nitrogens is 2. The average molecular weight is 222 g/mol. The molecule has 88 valence electrons. The monoisotopic (exact) mass is 222 g/mol. The Morgan fingerprint density at radius 1 is 1.50 bits per heavy atom. The molecule has 16 heavy (non-hydrogen) atoms. The van der Waals surface area contributed by atoms with E-state index in [1.807, 2.05) is 17.8 Å². The van der Waals surface area contributed by atoms with Crippen LogP contribution in [0.3, 0.4) is 0 Å². The molecule has 0 radical (unpaired) electrons. The van der Waals surface area contributed by atoms with Crippen LogP contribution in [0.5, 0.6) is 5.75 Å². The maximum Gasteiger partial charge on any atom is 0.164 e. The number of rotatable bonds is 2. The fraction of sp³-hybridized carbons (Fsp3) is 0.583. The standard InChI is InChI=1S/C12H18N2O2/c1-14-12(11(16-2)8-13-14)9-5-3-4-6-10(15)7-9/h7-8,10,15H,3-6H2,1-2H3. The van der Waals surface area contributed by atoms with Crippen LogP contribution in [0.25, 0.3) is 5.57 Å². The van der Waals surface area contributed by atoms with Gasteiger partial charge in [0.1, 0.15) is 5.69 Å². The number of hydrogen-bond donors (Lipinski definition) is 1. The van der Waals surface area contributed by atoms with Gasteiger partial charge in [0.2, 0.25) is 0 Å². The van der Waals surface area contributed by atoms with E-state index >= 15 is 0 Å². The van der Waals surface area contributed by atoms with Gasteiger partial charge in [0, 0.05) is 7.05 Å². The average Bonchev–Trinajstić information content (AvgIpc) is 2.50. The molecule has 1 unspecified atom stereocenters. The van der Waals surface area contributed by atoms with E-state index < -0.39 is 0 Å². The van der Waals surface area contributed by atoms with Crippen molar-refractivity contribution in [3.05, 3.63) is 18.0 Å². The highest BCUT2D eigenvalue weighted by molar-refractivity contribution is 5.68. The van der Waals surface area contributed by atoms with E-state index in [0.717, 1.165) is 42.7 Å². The van der Waals surface area contributed by atoms with Crippen LogP contribution in [0.1, 0.15) is 31.4 Å². The number of hydrogen-bond acceptors (Lipinski definition) is 3. The molecule has 1 aromatic rings. The Labute approximate surface area is 95.5 Å². The van der Waals surface area contributed by atoms with Gasteiger partial charge in [0.15, 0.2) is 5.75 Å². The fourth-order valence-electron chi connectivity index (χ4n) is 2.20. The molecule has 0 saturated heterocycles. The van der Waals surface area contributed by atoms with Gasteiger partial charge in [-0.2, -0.15) is 5.10 Å². The lowest BCUT2D eigenvalue weighted by atomic mass is 10.1. The minimum Gasteiger partial charge on any atom is -0.493 e. The second kappa shape index (κ2) is 4.70. The zero-order valence-corrected chi connectivity index (χ0v) is 9.81. The SMILES string of the molecule is COc1cnn(C)c1C1=CC(O)CCCC1. The predicted molar refractivity (Wildman–Crippen MR) is 62.2 cm³/mol. The molecular weight excluding hydrogens is 204 g/mol. The summed E-state index contributed by atoms with van der Waals surface area (Å²) in [4.78, 5) is 0. The first-order valence-electron chi connectivity index (χ1n) is 5.67. The topological polar surface area (TPSA) is 47.3 Å². The molecule has 0 saturated carbocycles. The number of allylic oxidation sites excluding steroid dienone is 1. The summed E-state index contributed by atoms with van der Waals surface area (Å²) in [5.74, 6) is 0.780. The van der Waals surface area contributed by atoms with E-state index in [9.17, 15) is 5.11 Å². The summed E-state index contributed by atoms with van der Waals surface area (Å²) in [6, 6.07) is 0. The summed E-state index contributed by atoms with van der Waals surface area (Å²) < 4.78 is 7.10. The molecule has 1 aliphatic carbocycles. The molecule has 1 heterocycles. The highest BCUT2D eigenvalue weighted by Gasteiger charge is 2.17. The van der Waals surface area contributed by atoms with Crippen molar-refractivity contribution in [3.8, 4) is 5.75 Å². The normalized spacial score (nSPS) is 21.4. The summed E-state index contributed by atoms with van der Waals surface area (Å²) in [5.41, 5.74) is 2.13. The van der Waals surface area contributed by atoms with Crippen molar-refractivity contribution in [1.29, 1.82) is 0 Å². The van der Waals surface area contributed by atoms with Crippen molar-refractivity contribution in [1.82, 2.24) is 9.78 Å². The summed E-state index contributed by atoms with van der Waals surface area (Å²) >= 11 is 0. The minimum atomic E-state index is -0.336. The van der Waals surface area contributed by atoms with E-state index in [4.69, 9.17) is 4.74 Å². The fourth-order valence-corrected chi connectivity index (χ4v) is 2.20. The number of methoxy groups -OCH3 is 1. The summed E-state index contributed by atoms with van der Waals surface area (Å²) in [6.45, 7) is 0. The van der Waals surface area contributed by atoms with Gasteiger partial charge in [-0.3, -0.25) is 4.68 Å². The van der Waals surface area contributed by atoms with E-state index in [0.29, 0.717) is 0 Å². The van der Waals surface area contributed by atoms with E-state index in [1.165, 1.54) is 0 Å². The Kier molecular flexibility index (Phi) is 3.29. The summed E-state index contributed by atoms with van der Waals surface area (Å²) in [7, 11) is 3.55. The van der Waals surface area contributed by atoms with Crippen molar-refractivity contribution in [3.63, 3.8) is 0 Å². The van der Waals surface area contributed by atoms with Gasteiger partial charge in [-0.1, -0.05) is 12.5 Å². The molecule has 1 aliphatic rings. The molecule has 0 aromatic carbocycles. The largest absolute Gasteiger partial charge is 0.493 e. The third kappa shape index (κ3) is 2.11. The molecule has 4 heteroatoms. The first-order valence-corrected chi connectivity index (χ1v) is 5.67. The third-order valence-corrected chi connectivity index (χ3v) is 3.02. The Hall–Kier alpha value is -1.29. The van der Waals surface area contributed by atoms with E-state index in [-0.39, 0.29) is 6.10 Å². The second-order valence-corrected chi connectivity index (χ2v) is 4.19. The maximum absolute atomic E-state index is 9.77. The zero-order valence-electron chi connectivity index (χ0n) is 9.81. The van der Waals surface area contributed by atoms with Crippen molar-refractivity contribution >= 4 is 5.57 Å². The van der Waals surface area contributed by atoms with Gasteiger partial charge in [-0.25, -0.2) is 0 Å². The smallest absolute Gasteiger partial charge is 0.164 e. The first kappa shape index (κ1) is 11.2. The van der Waals surface area contributed by atoms with Crippen molar-refractivity contribution < 1.29 is 9.84 Å². The number of ether oxygens (including phenoxy) is 1. The third-order valence-electron chi connectivity index (χ3n) is 3.02. The van der Waals surface area contributed by atoms with Crippen LogP contribution in [-0.2, 0) is 7.05 Å². The maximum atomic E-state index is 9.77. The molecule has 1 N–H and O–H groups in total.